The van der Waals surface area contributed by atoms with Crippen molar-refractivity contribution in [1.82, 2.24) is 14.9 Å². The first-order valence-corrected chi connectivity index (χ1v) is 11.8. The number of nitrogens with zero attached hydrogens (tertiary/aromatic N) is 4. The van der Waals surface area contributed by atoms with E-state index in [-0.39, 0.29) is 0 Å². The van der Waals surface area contributed by atoms with Crippen LogP contribution in [0.3, 0.4) is 0 Å². The molecule has 0 spiro atoms. The maximum atomic E-state index is 5.71. The number of hydrogen-bond donors (Lipinski definition) is 0. The van der Waals surface area contributed by atoms with E-state index in [2.05, 4.69) is 42.0 Å². The summed E-state index contributed by atoms with van der Waals surface area (Å²) in [6.07, 6.45) is 1.00. The lowest BCUT2D eigenvalue weighted by Gasteiger charge is -2.33. The normalized spacial score (nSPS) is 14.4. The van der Waals surface area contributed by atoms with Gasteiger partial charge < -0.3 is 19.3 Å². The van der Waals surface area contributed by atoms with Crippen LogP contribution in [0.2, 0.25) is 0 Å². The van der Waals surface area contributed by atoms with E-state index in [4.69, 9.17) is 19.4 Å². The van der Waals surface area contributed by atoms with Gasteiger partial charge in [0.05, 0.1) is 13.7 Å². The average molecular weight is 451 g/mol. The summed E-state index contributed by atoms with van der Waals surface area (Å²) in [5, 5.41) is 0.932. The Morgan fingerprint density at radius 1 is 0.906 bits per heavy atom. The fourth-order valence-corrected chi connectivity index (χ4v) is 4.29. The predicted molar refractivity (Wildman–Crippen MR) is 130 cm³/mol. The molecule has 1 aliphatic rings. The molecule has 1 aromatic heterocycles. The molecule has 168 valence electrons. The molecular weight excluding hydrogens is 420 g/mol. The number of hydrogen-bond acceptors (Lipinski definition) is 7. The molecular formula is C25H30N4O2S. The van der Waals surface area contributed by atoms with E-state index in [1.807, 2.05) is 36.4 Å². The highest BCUT2D eigenvalue weighted by Gasteiger charge is 2.18. The largest absolute Gasteiger partial charge is 0.497 e. The first-order valence-electron chi connectivity index (χ1n) is 11.0. The third kappa shape index (κ3) is 5.72. The molecule has 1 aliphatic heterocycles. The van der Waals surface area contributed by atoms with Crippen molar-refractivity contribution in [1.29, 1.82) is 0 Å². The van der Waals surface area contributed by atoms with Gasteiger partial charge in [-0.1, -0.05) is 18.7 Å². The fourth-order valence-electron chi connectivity index (χ4n) is 3.48. The van der Waals surface area contributed by atoms with E-state index in [1.165, 1.54) is 0 Å². The lowest BCUT2D eigenvalue weighted by molar-refractivity contribution is 0.312. The van der Waals surface area contributed by atoms with Gasteiger partial charge in [0.25, 0.3) is 0 Å². The van der Waals surface area contributed by atoms with Gasteiger partial charge in [0.2, 0.25) is 0 Å². The van der Waals surface area contributed by atoms with Crippen LogP contribution < -0.4 is 14.4 Å². The van der Waals surface area contributed by atoms with Crippen LogP contribution in [-0.4, -0.2) is 61.8 Å². The van der Waals surface area contributed by atoms with E-state index in [1.54, 1.807) is 18.9 Å². The van der Waals surface area contributed by atoms with Crippen molar-refractivity contribution < 1.29 is 9.47 Å². The van der Waals surface area contributed by atoms with E-state index >= 15 is 0 Å². The molecule has 0 N–H and O–H groups in total. The zero-order chi connectivity index (χ0) is 22.3. The lowest BCUT2D eigenvalue weighted by atomic mass is 10.2. The molecule has 0 bridgehead atoms. The highest BCUT2D eigenvalue weighted by molar-refractivity contribution is 7.99. The zero-order valence-electron chi connectivity index (χ0n) is 19.0. The van der Waals surface area contributed by atoms with E-state index in [9.17, 15) is 0 Å². The van der Waals surface area contributed by atoms with Gasteiger partial charge in [0.1, 0.15) is 22.3 Å². The summed E-state index contributed by atoms with van der Waals surface area (Å²) in [5.41, 5.74) is 0.979. The van der Waals surface area contributed by atoms with Gasteiger partial charge in [-0.2, -0.15) is 0 Å². The Kier molecular flexibility index (Phi) is 7.50. The average Bonchev–Trinajstić information content (AvgIpc) is 2.84. The fraction of sp³-hybridized carbons (Fsp3) is 0.360. The van der Waals surface area contributed by atoms with E-state index < -0.39 is 0 Å². The number of aromatic nitrogens is 2. The molecule has 0 radical (unpaired) electrons. The minimum Gasteiger partial charge on any atom is -0.497 e. The van der Waals surface area contributed by atoms with Gasteiger partial charge in [-0.05, 0) is 62.0 Å². The van der Waals surface area contributed by atoms with Gasteiger partial charge in [-0.3, -0.25) is 0 Å². The Morgan fingerprint density at radius 2 is 1.59 bits per heavy atom. The van der Waals surface area contributed by atoms with Crippen LogP contribution in [0.1, 0.15) is 13.3 Å². The van der Waals surface area contributed by atoms with Gasteiger partial charge in [-0.25, -0.2) is 9.97 Å². The van der Waals surface area contributed by atoms with Gasteiger partial charge in [-0.15, -0.1) is 0 Å². The molecule has 3 aromatic rings. The molecule has 6 nitrogen and oxygen atoms in total. The number of benzene rings is 2. The van der Waals surface area contributed by atoms with Crippen molar-refractivity contribution in [2.45, 2.75) is 23.3 Å². The van der Waals surface area contributed by atoms with Crippen molar-refractivity contribution >= 4 is 17.6 Å². The van der Waals surface area contributed by atoms with E-state index in [0.29, 0.717) is 0 Å². The third-order valence-corrected chi connectivity index (χ3v) is 6.31. The maximum Gasteiger partial charge on any atom is 0.162 e. The van der Waals surface area contributed by atoms with Gasteiger partial charge >= 0.3 is 0 Å². The topological polar surface area (TPSA) is 50.7 Å². The van der Waals surface area contributed by atoms with Crippen LogP contribution in [0.4, 0.5) is 5.82 Å². The second kappa shape index (κ2) is 10.7. The molecule has 0 saturated carbocycles. The summed E-state index contributed by atoms with van der Waals surface area (Å²) in [7, 11) is 3.84. The highest BCUT2D eigenvalue weighted by Crippen LogP contribution is 2.32. The number of anilines is 1. The molecule has 0 aliphatic carbocycles. The lowest BCUT2D eigenvalue weighted by Crippen LogP contribution is -2.44. The van der Waals surface area contributed by atoms with E-state index in [0.717, 1.165) is 77.8 Å². The van der Waals surface area contributed by atoms with Gasteiger partial charge in [0.15, 0.2) is 5.82 Å². The molecule has 1 saturated heterocycles. The second-order valence-electron chi connectivity index (χ2n) is 7.83. The molecule has 4 rings (SSSR count). The highest BCUT2D eigenvalue weighted by atomic mass is 32.2. The molecule has 7 heteroatoms. The number of ether oxygens (including phenoxy) is 2. The number of likely N-dealkylation sites (N-methyl/N-ethyl adjacent to an activating group) is 1. The van der Waals surface area contributed by atoms with Gasteiger partial charge in [0, 0.05) is 42.7 Å². The summed E-state index contributed by atoms with van der Waals surface area (Å²) in [4.78, 5) is 15.6. The first-order chi connectivity index (χ1) is 15.6. The summed E-state index contributed by atoms with van der Waals surface area (Å²) >= 11 is 1.65. The standard InChI is InChI=1S/C25H30N4O2S/c1-4-17-31-21-9-11-22(12-10-21)32-24-18-23(29-15-13-28(2)14-16-29)26-25(27-24)19-5-7-20(30-3)8-6-19/h5-12,18H,4,13-17H2,1-3H3. The minimum absolute atomic E-state index is 0.731. The summed E-state index contributed by atoms with van der Waals surface area (Å²) in [6.45, 7) is 6.83. The molecule has 32 heavy (non-hydrogen) atoms. The molecule has 2 aromatic carbocycles. The Bertz CT molecular complexity index is 1000. The SMILES string of the molecule is CCCOc1ccc(Sc2cc(N3CCN(C)CC3)nc(-c3ccc(OC)cc3)n2)cc1. The summed E-state index contributed by atoms with van der Waals surface area (Å²) < 4.78 is 11.0. The zero-order valence-corrected chi connectivity index (χ0v) is 19.8. The Labute approximate surface area is 194 Å². The Balaban J connectivity index is 1.61. The van der Waals surface area contributed by atoms with Crippen molar-refractivity contribution in [2.75, 3.05) is 51.8 Å². The maximum absolute atomic E-state index is 5.71. The van der Waals surface area contributed by atoms with Crippen LogP contribution in [-0.2, 0) is 0 Å². The second-order valence-corrected chi connectivity index (χ2v) is 8.92. The Morgan fingerprint density at radius 3 is 2.25 bits per heavy atom. The first kappa shape index (κ1) is 22.4. The van der Waals surface area contributed by atoms with Crippen molar-refractivity contribution in [3.05, 3.63) is 54.6 Å². The molecule has 2 heterocycles. The van der Waals surface area contributed by atoms with Crippen molar-refractivity contribution in [2.24, 2.45) is 0 Å². The minimum atomic E-state index is 0.731. The molecule has 0 unspecified atom stereocenters. The number of rotatable bonds is 8. The van der Waals surface area contributed by atoms with Crippen LogP contribution in [0, 0.1) is 0 Å². The number of piperazine rings is 1. The summed E-state index contributed by atoms with van der Waals surface area (Å²) in [5.74, 6) is 3.43. The smallest absolute Gasteiger partial charge is 0.162 e. The quantitative estimate of drug-likeness (QED) is 0.455. The summed E-state index contributed by atoms with van der Waals surface area (Å²) in [6, 6.07) is 18.2. The Hall–Kier alpha value is -2.77. The van der Waals surface area contributed by atoms with Crippen LogP contribution >= 0.6 is 11.8 Å². The molecule has 0 atom stereocenters. The van der Waals surface area contributed by atoms with Crippen LogP contribution in [0.15, 0.2) is 64.5 Å². The van der Waals surface area contributed by atoms with Crippen LogP contribution in [0.5, 0.6) is 11.5 Å². The van der Waals surface area contributed by atoms with Crippen molar-refractivity contribution in [3.63, 3.8) is 0 Å². The van der Waals surface area contributed by atoms with Crippen LogP contribution in [0.25, 0.3) is 11.4 Å². The molecule has 1 fully saturated rings. The third-order valence-electron chi connectivity index (χ3n) is 5.38. The molecule has 0 amide bonds. The predicted octanol–water partition coefficient (Wildman–Crippen LogP) is 4.84. The monoisotopic (exact) mass is 450 g/mol. The van der Waals surface area contributed by atoms with Crippen molar-refractivity contribution in [3.8, 4) is 22.9 Å². The number of methoxy groups -OCH3 is 1.